The summed E-state index contributed by atoms with van der Waals surface area (Å²) in [5, 5.41) is 0. The molecule has 0 unspecified atom stereocenters. The van der Waals surface area contributed by atoms with Gasteiger partial charge in [0.05, 0.1) is 36.6 Å². The van der Waals surface area contributed by atoms with E-state index < -0.39 is 21.4 Å². The van der Waals surface area contributed by atoms with Crippen LogP contribution in [0.4, 0.5) is 0 Å². The van der Waals surface area contributed by atoms with E-state index in [4.69, 9.17) is 27.9 Å². The quantitative estimate of drug-likeness (QED) is 0.557. The normalized spacial score (nSPS) is 32.5. The van der Waals surface area contributed by atoms with Crippen LogP contribution >= 0.6 is 0 Å². The van der Waals surface area contributed by atoms with E-state index in [9.17, 15) is 0 Å². The molecule has 0 amide bonds. The van der Waals surface area contributed by atoms with Crippen LogP contribution in [0.25, 0.3) is 0 Å². The van der Waals surface area contributed by atoms with Crippen LogP contribution in [0, 0.1) is 0 Å². The Morgan fingerprint density at radius 3 is 0.758 bits per heavy atom. The fourth-order valence-corrected chi connectivity index (χ4v) is 5.31. The molecule has 7 rings (SSSR count). The van der Waals surface area contributed by atoms with Crippen molar-refractivity contribution >= 4 is 37.7 Å². The molecule has 162 valence electrons. The van der Waals surface area contributed by atoms with E-state index in [0.29, 0.717) is 0 Å². The van der Waals surface area contributed by atoms with Gasteiger partial charge >= 0.3 is 21.4 Å². The number of rotatable bonds is 3. The van der Waals surface area contributed by atoms with Crippen LogP contribution in [0.15, 0.2) is 91.0 Å². The van der Waals surface area contributed by atoms with Gasteiger partial charge in [0.1, 0.15) is 0 Å². The third-order valence-electron chi connectivity index (χ3n) is 6.84. The zero-order chi connectivity index (χ0) is 21.8. The SMILES string of the molecule is c1ccc(B2OC3C4OB(c5ccccc5)OC4C4OB(c5ccccc5)OC4C3O2)cc1. The molecule has 3 aromatic rings. The van der Waals surface area contributed by atoms with Gasteiger partial charge in [-0.2, -0.15) is 0 Å². The fourth-order valence-electron chi connectivity index (χ4n) is 5.31. The summed E-state index contributed by atoms with van der Waals surface area (Å²) in [7, 11) is -1.46. The average Bonchev–Trinajstić information content (AvgIpc) is 3.62. The highest BCUT2D eigenvalue weighted by molar-refractivity contribution is 6.63. The lowest BCUT2D eigenvalue weighted by atomic mass is 9.79. The van der Waals surface area contributed by atoms with Crippen molar-refractivity contribution in [3.8, 4) is 0 Å². The predicted molar refractivity (Wildman–Crippen MR) is 125 cm³/mol. The Hall–Kier alpha value is -2.39. The first-order valence-electron chi connectivity index (χ1n) is 11.4. The molecule has 1 aliphatic carbocycles. The summed E-state index contributed by atoms with van der Waals surface area (Å²) in [6.07, 6.45) is -1.95. The molecule has 6 nitrogen and oxygen atoms in total. The molecule has 0 bridgehead atoms. The number of fused-ring (bicyclic) bond motifs is 6. The van der Waals surface area contributed by atoms with Gasteiger partial charge in [-0.15, -0.1) is 0 Å². The maximum atomic E-state index is 6.44. The van der Waals surface area contributed by atoms with Gasteiger partial charge in [-0.1, -0.05) is 91.0 Å². The lowest BCUT2D eigenvalue weighted by Crippen LogP contribution is -2.60. The van der Waals surface area contributed by atoms with Crippen molar-refractivity contribution in [2.75, 3.05) is 0 Å². The third kappa shape index (κ3) is 3.39. The molecule has 0 aromatic heterocycles. The summed E-state index contributed by atoms with van der Waals surface area (Å²) >= 11 is 0. The van der Waals surface area contributed by atoms with Gasteiger partial charge in [-0.3, -0.25) is 0 Å². The Kier molecular flexibility index (Phi) is 4.93. The Labute approximate surface area is 193 Å². The molecular weight excluding hydrogens is 417 g/mol. The van der Waals surface area contributed by atoms with Crippen LogP contribution < -0.4 is 16.4 Å². The maximum Gasteiger partial charge on any atom is 0.494 e. The number of hydrogen-bond acceptors (Lipinski definition) is 6. The molecule has 0 atom stereocenters. The topological polar surface area (TPSA) is 55.4 Å². The van der Waals surface area contributed by atoms with E-state index in [0.717, 1.165) is 16.4 Å². The van der Waals surface area contributed by atoms with Gasteiger partial charge < -0.3 is 27.9 Å². The number of benzene rings is 3. The monoisotopic (exact) mass is 438 g/mol. The van der Waals surface area contributed by atoms with Crippen molar-refractivity contribution in [1.82, 2.24) is 0 Å². The minimum atomic E-state index is -0.487. The van der Waals surface area contributed by atoms with Crippen LogP contribution in [0.5, 0.6) is 0 Å². The zero-order valence-electron chi connectivity index (χ0n) is 17.8. The van der Waals surface area contributed by atoms with Gasteiger partial charge in [-0.05, 0) is 16.4 Å². The lowest BCUT2D eigenvalue weighted by molar-refractivity contribution is -0.106. The van der Waals surface area contributed by atoms with Crippen LogP contribution in [-0.4, -0.2) is 58.0 Å². The summed E-state index contributed by atoms with van der Waals surface area (Å²) in [5.41, 5.74) is 2.91. The smallest absolute Gasteiger partial charge is 0.399 e. The first kappa shape index (κ1) is 20.0. The van der Waals surface area contributed by atoms with E-state index in [1.807, 2.05) is 91.0 Å². The van der Waals surface area contributed by atoms with Crippen molar-refractivity contribution in [2.45, 2.75) is 36.6 Å². The Morgan fingerprint density at radius 1 is 0.333 bits per heavy atom. The molecule has 33 heavy (non-hydrogen) atoms. The van der Waals surface area contributed by atoms with E-state index in [1.165, 1.54) is 0 Å². The van der Waals surface area contributed by atoms with Gasteiger partial charge in [0.2, 0.25) is 0 Å². The van der Waals surface area contributed by atoms with Crippen LogP contribution in [-0.2, 0) is 27.9 Å². The Morgan fingerprint density at radius 2 is 0.545 bits per heavy atom. The summed E-state index contributed by atoms with van der Waals surface area (Å²) in [6, 6.07) is 29.9. The van der Waals surface area contributed by atoms with E-state index in [1.54, 1.807) is 0 Å². The molecule has 3 aliphatic heterocycles. The van der Waals surface area contributed by atoms with Crippen LogP contribution in [0.1, 0.15) is 0 Å². The number of hydrogen-bond donors (Lipinski definition) is 0. The Bertz CT molecular complexity index is 923. The summed E-state index contributed by atoms with van der Waals surface area (Å²) in [4.78, 5) is 0. The molecule has 3 heterocycles. The standard InChI is InChI=1S/C24H21B3O6/c1-4-10-16(11-5-1)25-28-19-20(29-25)22-24(33-27(31-22)18-14-8-3-9-15-18)23-21(19)30-26(32-23)17-12-6-2-7-13-17/h1-15,19-24H. The van der Waals surface area contributed by atoms with Gasteiger partial charge in [0.15, 0.2) is 0 Å². The molecule has 1 saturated carbocycles. The summed E-state index contributed by atoms with van der Waals surface area (Å²) in [6.45, 7) is 0. The highest BCUT2D eigenvalue weighted by atomic mass is 16.7. The average molecular weight is 438 g/mol. The second-order valence-electron chi connectivity index (χ2n) is 8.83. The molecule has 9 heteroatoms. The van der Waals surface area contributed by atoms with Gasteiger partial charge in [0.25, 0.3) is 0 Å². The molecule has 0 N–H and O–H groups in total. The van der Waals surface area contributed by atoms with Crippen molar-refractivity contribution in [2.24, 2.45) is 0 Å². The van der Waals surface area contributed by atoms with Gasteiger partial charge in [-0.25, -0.2) is 0 Å². The minimum absolute atomic E-state index is 0.326. The largest absolute Gasteiger partial charge is 0.494 e. The first-order valence-corrected chi connectivity index (χ1v) is 11.4. The molecule has 3 saturated heterocycles. The second kappa shape index (κ2) is 8.13. The van der Waals surface area contributed by atoms with E-state index >= 15 is 0 Å². The van der Waals surface area contributed by atoms with Crippen LogP contribution in [0.3, 0.4) is 0 Å². The maximum absolute atomic E-state index is 6.44. The summed E-state index contributed by atoms with van der Waals surface area (Å²) in [5.74, 6) is 0. The lowest BCUT2D eigenvalue weighted by Gasteiger charge is -2.40. The molecule has 4 aliphatic rings. The molecule has 0 spiro atoms. The third-order valence-corrected chi connectivity index (χ3v) is 6.84. The van der Waals surface area contributed by atoms with Gasteiger partial charge in [0, 0.05) is 0 Å². The predicted octanol–water partition coefficient (Wildman–Crippen LogP) is 0.538. The summed E-state index contributed by atoms with van der Waals surface area (Å²) < 4.78 is 38.6. The van der Waals surface area contributed by atoms with Crippen molar-refractivity contribution in [1.29, 1.82) is 0 Å². The second-order valence-corrected chi connectivity index (χ2v) is 8.83. The van der Waals surface area contributed by atoms with Crippen molar-refractivity contribution in [3.63, 3.8) is 0 Å². The molecule has 4 fully saturated rings. The molecule has 3 aromatic carbocycles. The zero-order valence-corrected chi connectivity index (χ0v) is 17.8. The van der Waals surface area contributed by atoms with Crippen LogP contribution in [0.2, 0.25) is 0 Å². The first-order chi connectivity index (χ1) is 16.3. The molecule has 0 radical (unpaired) electrons. The minimum Gasteiger partial charge on any atom is -0.399 e. The highest BCUT2D eigenvalue weighted by Crippen LogP contribution is 2.43. The highest BCUT2D eigenvalue weighted by Gasteiger charge is 2.66. The van der Waals surface area contributed by atoms with Crippen molar-refractivity contribution < 1.29 is 27.9 Å². The molecular formula is C24H21B3O6. The van der Waals surface area contributed by atoms with E-state index in [2.05, 4.69) is 0 Å². The Balaban J connectivity index is 1.22. The van der Waals surface area contributed by atoms with Crippen molar-refractivity contribution in [3.05, 3.63) is 91.0 Å². The van der Waals surface area contributed by atoms with E-state index in [-0.39, 0.29) is 36.6 Å². The fraction of sp³-hybridized carbons (Fsp3) is 0.250.